The Morgan fingerprint density at radius 2 is 1.82 bits per heavy atom. The van der Waals surface area contributed by atoms with E-state index in [0.29, 0.717) is 57.3 Å². The lowest BCUT2D eigenvalue weighted by atomic mass is 9.89. The Morgan fingerprint density at radius 1 is 1.06 bits per heavy atom. The van der Waals surface area contributed by atoms with Crippen LogP contribution in [-0.4, -0.2) is 58.1 Å². The molecule has 7 nitrogen and oxygen atoms in total. The van der Waals surface area contributed by atoms with Crippen molar-refractivity contribution in [2.75, 3.05) is 39.7 Å². The van der Waals surface area contributed by atoms with E-state index in [1.165, 1.54) is 6.26 Å². The van der Waals surface area contributed by atoms with Crippen molar-refractivity contribution < 1.29 is 27.4 Å². The molecule has 0 aliphatic carbocycles. The first-order valence-corrected chi connectivity index (χ1v) is 13.6. The van der Waals surface area contributed by atoms with E-state index in [1.807, 2.05) is 62.4 Å². The summed E-state index contributed by atoms with van der Waals surface area (Å²) in [6, 6.07) is 15.3. The average Bonchev–Trinajstić information content (AvgIpc) is 2.78. The van der Waals surface area contributed by atoms with Crippen LogP contribution in [0.5, 0.6) is 11.5 Å². The van der Waals surface area contributed by atoms with Crippen molar-refractivity contribution in [1.82, 2.24) is 4.31 Å². The number of ether oxygens (including phenoxy) is 4. The summed E-state index contributed by atoms with van der Waals surface area (Å²) in [5.74, 6) is 1.39. The van der Waals surface area contributed by atoms with Gasteiger partial charge in [-0.05, 0) is 50.5 Å². The second kappa shape index (κ2) is 12.0. The zero-order chi connectivity index (χ0) is 24.6. The number of sulfonamides is 1. The van der Waals surface area contributed by atoms with Gasteiger partial charge in [0.25, 0.3) is 0 Å². The minimum absolute atomic E-state index is 0.330. The quantitative estimate of drug-likeness (QED) is 0.382. The molecule has 0 fully saturated rings. The molecule has 1 unspecified atom stereocenters. The molecule has 2 aromatic carbocycles. The zero-order valence-electron chi connectivity index (χ0n) is 20.7. The Hall–Kier alpha value is -2.13. The third kappa shape index (κ3) is 7.70. The Labute approximate surface area is 204 Å². The fraction of sp³-hybridized carbons (Fsp3) is 0.538. The van der Waals surface area contributed by atoms with Crippen molar-refractivity contribution in [3.8, 4) is 11.5 Å². The largest absolute Gasteiger partial charge is 0.489 e. The van der Waals surface area contributed by atoms with Crippen LogP contribution in [-0.2, 0) is 26.1 Å². The molecular formula is C26H37NO6S. The molecule has 0 amide bonds. The number of unbranched alkanes of at least 4 members (excludes halogenated alkanes) is 1. The number of hydrogen-bond acceptors (Lipinski definition) is 6. The van der Waals surface area contributed by atoms with Gasteiger partial charge in [0.2, 0.25) is 10.0 Å². The monoisotopic (exact) mass is 491 g/mol. The van der Waals surface area contributed by atoms with Crippen molar-refractivity contribution in [3.63, 3.8) is 0 Å². The maximum atomic E-state index is 12.9. The Balaban J connectivity index is 1.76. The fourth-order valence-corrected chi connectivity index (χ4v) is 5.26. The molecule has 0 N–H and O–H groups in total. The molecule has 1 aliphatic rings. The lowest BCUT2D eigenvalue weighted by Gasteiger charge is -2.41. The first-order valence-electron chi connectivity index (χ1n) is 11.7. The second-order valence-electron chi connectivity index (χ2n) is 9.24. The van der Waals surface area contributed by atoms with Crippen molar-refractivity contribution in [2.45, 2.75) is 51.4 Å². The highest BCUT2D eigenvalue weighted by Crippen LogP contribution is 2.45. The van der Waals surface area contributed by atoms with Crippen LogP contribution in [0.15, 0.2) is 48.5 Å². The van der Waals surface area contributed by atoms with E-state index < -0.39 is 15.6 Å². The number of methoxy groups -OCH3 is 1. The summed E-state index contributed by atoms with van der Waals surface area (Å²) in [5.41, 5.74) is 1.42. The third-order valence-electron chi connectivity index (χ3n) is 5.78. The summed E-state index contributed by atoms with van der Waals surface area (Å²) < 4.78 is 50.0. The van der Waals surface area contributed by atoms with Crippen molar-refractivity contribution in [2.24, 2.45) is 0 Å². The van der Waals surface area contributed by atoms with Gasteiger partial charge in [0.15, 0.2) is 0 Å². The minimum Gasteiger partial charge on any atom is -0.489 e. The predicted octanol–water partition coefficient (Wildman–Crippen LogP) is 4.57. The summed E-state index contributed by atoms with van der Waals surface area (Å²) >= 11 is 0. The van der Waals surface area contributed by atoms with Crippen LogP contribution in [0, 0.1) is 0 Å². The molecule has 8 heteroatoms. The van der Waals surface area contributed by atoms with Crippen molar-refractivity contribution in [1.29, 1.82) is 0 Å². The summed E-state index contributed by atoms with van der Waals surface area (Å²) in [6.45, 7) is 6.52. The van der Waals surface area contributed by atoms with Gasteiger partial charge in [0.05, 0.1) is 25.5 Å². The number of rotatable bonds is 13. The van der Waals surface area contributed by atoms with Gasteiger partial charge >= 0.3 is 0 Å². The Bertz CT molecular complexity index is 1010. The highest BCUT2D eigenvalue weighted by molar-refractivity contribution is 7.88. The van der Waals surface area contributed by atoms with Crippen LogP contribution < -0.4 is 9.47 Å². The van der Waals surface area contributed by atoms with Gasteiger partial charge < -0.3 is 18.9 Å². The molecule has 0 saturated carbocycles. The van der Waals surface area contributed by atoms with Crippen LogP contribution in [0.1, 0.15) is 50.3 Å². The van der Waals surface area contributed by atoms with E-state index in [9.17, 15) is 8.42 Å². The Morgan fingerprint density at radius 3 is 2.53 bits per heavy atom. The van der Waals surface area contributed by atoms with Crippen LogP contribution >= 0.6 is 0 Å². The van der Waals surface area contributed by atoms with Gasteiger partial charge in [-0.15, -0.1) is 0 Å². The maximum Gasteiger partial charge on any atom is 0.211 e. The highest BCUT2D eigenvalue weighted by atomic mass is 32.2. The molecule has 188 valence electrons. The van der Waals surface area contributed by atoms with Crippen molar-refractivity contribution >= 4 is 10.0 Å². The van der Waals surface area contributed by atoms with Gasteiger partial charge in [-0.25, -0.2) is 8.42 Å². The molecule has 3 rings (SSSR count). The normalized spacial score (nSPS) is 17.3. The van der Waals surface area contributed by atoms with Gasteiger partial charge in [0, 0.05) is 32.2 Å². The molecular weight excluding hydrogens is 454 g/mol. The zero-order valence-corrected chi connectivity index (χ0v) is 21.5. The van der Waals surface area contributed by atoms with Gasteiger partial charge in [-0.2, -0.15) is 4.31 Å². The first kappa shape index (κ1) is 26.5. The average molecular weight is 492 g/mol. The topological polar surface area (TPSA) is 74.3 Å². The van der Waals surface area contributed by atoms with E-state index >= 15 is 0 Å². The van der Waals surface area contributed by atoms with Crippen LogP contribution in [0.2, 0.25) is 0 Å². The van der Waals surface area contributed by atoms with Crippen molar-refractivity contribution in [3.05, 3.63) is 59.7 Å². The smallest absolute Gasteiger partial charge is 0.211 e. The maximum absolute atomic E-state index is 12.9. The van der Waals surface area contributed by atoms with Gasteiger partial charge in [0.1, 0.15) is 23.7 Å². The number of benzene rings is 2. The lowest BCUT2D eigenvalue weighted by molar-refractivity contribution is 0.0481. The van der Waals surface area contributed by atoms with E-state index in [4.69, 9.17) is 18.9 Å². The summed E-state index contributed by atoms with van der Waals surface area (Å²) in [4.78, 5) is 0. The molecule has 0 aromatic heterocycles. The molecule has 2 aromatic rings. The molecule has 1 atom stereocenters. The SMILES string of the molecule is COCCOCCCCN(C1CC(C)(C)Oc2ccc(OCc3ccccc3)cc21)S(C)(=O)=O. The molecule has 0 bridgehead atoms. The molecule has 0 spiro atoms. The standard InChI is InChI=1S/C26H37NO6S/c1-26(2)19-24(27(34(4,28)29)14-8-9-15-31-17-16-30-3)23-18-22(12-13-25(23)33-26)32-20-21-10-6-5-7-11-21/h5-7,10-13,18,24H,8-9,14-17,19-20H2,1-4H3. The predicted molar refractivity (Wildman–Crippen MR) is 133 cm³/mol. The van der Waals surface area contributed by atoms with Gasteiger partial charge in [-0.3, -0.25) is 0 Å². The van der Waals surface area contributed by atoms with Gasteiger partial charge in [-0.1, -0.05) is 30.3 Å². The summed E-state index contributed by atoms with van der Waals surface area (Å²) in [6.07, 6.45) is 3.31. The second-order valence-corrected chi connectivity index (χ2v) is 11.2. The summed E-state index contributed by atoms with van der Waals surface area (Å²) in [5, 5.41) is 0. The third-order valence-corrected chi connectivity index (χ3v) is 7.07. The number of fused-ring (bicyclic) bond motifs is 1. The molecule has 1 aliphatic heterocycles. The van der Waals surface area contributed by atoms with E-state index in [0.717, 1.165) is 17.5 Å². The number of nitrogens with zero attached hydrogens (tertiary/aromatic N) is 1. The molecule has 34 heavy (non-hydrogen) atoms. The first-order chi connectivity index (χ1) is 16.2. The van der Waals surface area contributed by atoms with Crippen LogP contribution in [0.4, 0.5) is 0 Å². The highest BCUT2D eigenvalue weighted by Gasteiger charge is 2.40. The van der Waals surface area contributed by atoms with E-state index in [-0.39, 0.29) is 6.04 Å². The molecule has 1 heterocycles. The summed E-state index contributed by atoms with van der Waals surface area (Å²) in [7, 11) is -1.81. The van der Waals surface area contributed by atoms with E-state index in [1.54, 1.807) is 11.4 Å². The lowest BCUT2D eigenvalue weighted by Crippen LogP contribution is -2.43. The fourth-order valence-electron chi connectivity index (χ4n) is 4.15. The number of hydrogen-bond donors (Lipinski definition) is 0. The minimum atomic E-state index is -3.45. The Kier molecular flexibility index (Phi) is 9.36. The molecule has 0 radical (unpaired) electrons. The van der Waals surface area contributed by atoms with Crippen LogP contribution in [0.25, 0.3) is 0 Å². The molecule has 0 saturated heterocycles. The van der Waals surface area contributed by atoms with E-state index in [2.05, 4.69) is 0 Å². The van der Waals surface area contributed by atoms with Crippen LogP contribution in [0.3, 0.4) is 0 Å².